The van der Waals surface area contributed by atoms with Gasteiger partial charge in [-0.15, -0.1) is 11.3 Å². The van der Waals surface area contributed by atoms with Crippen LogP contribution in [0.3, 0.4) is 0 Å². The molecule has 0 aliphatic carbocycles. The lowest BCUT2D eigenvalue weighted by molar-refractivity contribution is 0.112. The summed E-state index contributed by atoms with van der Waals surface area (Å²) >= 11 is 1.54. The van der Waals surface area contributed by atoms with Gasteiger partial charge in [-0.3, -0.25) is 4.79 Å². The van der Waals surface area contributed by atoms with Crippen molar-refractivity contribution in [2.24, 2.45) is 0 Å². The summed E-state index contributed by atoms with van der Waals surface area (Å²) < 4.78 is 10.6. The van der Waals surface area contributed by atoms with E-state index in [1.807, 2.05) is 17.5 Å². The first kappa shape index (κ1) is 12.6. The average molecular weight is 286 g/mol. The number of carbonyl (C=O) groups is 1. The molecule has 20 heavy (non-hydrogen) atoms. The smallest absolute Gasteiger partial charge is 0.264 e. The van der Waals surface area contributed by atoms with E-state index in [4.69, 9.17) is 9.26 Å². The summed E-state index contributed by atoms with van der Waals surface area (Å²) in [5, 5.41) is 5.84. The van der Waals surface area contributed by atoms with Gasteiger partial charge in [-0.1, -0.05) is 23.4 Å². The molecule has 3 rings (SSSR count). The van der Waals surface area contributed by atoms with Crippen LogP contribution in [0.15, 0.2) is 46.3 Å². The number of carbonyl (C=O) groups excluding carboxylic acids is 1. The standard InChI is InChI=1S/C14H10N2O3S/c17-8-10-3-1-4-11(7-10)18-9-13-15-14(16-19-13)12-5-2-6-20-12/h1-8H,9H2. The van der Waals surface area contributed by atoms with E-state index in [-0.39, 0.29) is 6.61 Å². The molecule has 0 N–H and O–H groups in total. The van der Waals surface area contributed by atoms with Gasteiger partial charge in [-0.25, -0.2) is 0 Å². The normalized spacial score (nSPS) is 10.4. The number of nitrogens with zero attached hydrogens (tertiary/aromatic N) is 2. The van der Waals surface area contributed by atoms with Crippen molar-refractivity contribution in [1.29, 1.82) is 0 Å². The molecular weight excluding hydrogens is 276 g/mol. The predicted octanol–water partition coefficient (Wildman–Crippen LogP) is 3.19. The van der Waals surface area contributed by atoms with Crippen molar-refractivity contribution < 1.29 is 14.1 Å². The van der Waals surface area contributed by atoms with E-state index in [0.29, 0.717) is 23.0 Å². The molecule has 0 spiro atoms. The number of aromatic nitrogens is 2. The van der Waals surface area contributed by atoms with E-state index in [2.05, 4.69) is 10.1 Å². The average Bonchev–Trinajstić information content (AvgIpc) is 3.16. The SMILES string of the molecule is O=Cc1cccc(OCc2nc(-c3cccs3)no2)c1. The molecule has 2 heterocycles. The van der Waals surface area contributed by atoms with E-state index >= 15 is 0 Å². The first-order valence-corrected chi connectivity index (χ1v) is 6.77. The monoisotopic (exact) mass is 286 g/mol. The van der Waals surface area contributed by atoms with Crippen LogP contribution >= 0.6 is 11.3 Å². The lowest BCUT2D eigenvalue weighted by Crippen LogP contribution is -1.96. The van der Waals surface area contributed by atoms with Crippen molar-refractivity contribution in [2.75, 3.05) is 0 Å². The van der Waals surface area contributed by atoms with Crippen molar-refractivity contribution in [3.8, 4) is 16.5 Å². The van der Waals surface area contributed by atoms with Crippen LogP contribution in [0, 0.1) is 0 Å². The van der Waals surface area contributed by atoms with Crippen molar-refractivity contribution in [3.05, 3.63) is 53.2 Å². The van der Waals surface area contributed by atoms with Gasteiger partial charge in [-0.05, 0) is 23.6 Å². The van der Waals surface area contributed by atoms with Gasteiger partial charge in [0.2, 0.25) is 5.82 Å². The minimum absolute atomic E-state index is 0.167. The molecule has 0 amide bonds. The van der Waals surface area contributed by atoms with E-state index in [1.165, 1.54) is 0 Å². The zero-order valence-electron chi connectivity index (χ0n) is 10.4. The van der Waals surface area contributed by atoms with Crippen molar-refractivity contribution in [2.45, 2.75) is 6.61 Å². The van der Waals surface area contributed by atoms with Gasteiger partial charge in [0.15, 0.2) is 6.61 Å². The molecule has 2 aromatic heterocycles. The molecule has 0 saturated carbocycles. The Morgan fingerprint density at radius 2 is 2.25 bits per heavy atom. The number of benzene rings is 1. The zero-order chi connectivity index (χ0) is 13.8. The van der Waals surface area contributed by atoms with Crippen molar-refractivity contribution in [3.63, 3.8) is 0 Å². The van der Waals surface area contributed by atoms with Gasteiger partial charge in [0, 0.05) is 5.56 Å². The minimum atomic E-state index is 0.167. The quantitative estimate of drug-likeness (QED) is 0.674. The highest BCUT2D eigenvalue weighted by Gasteiger charge is 2.09. The fourth-order valence-electron chi connectivity index (χ4n) is 1.64. The Hall–Kier alpha value is -2.47. The van der Waals surface area contributed by atoms with Crippen molar-refractivity contribution in [1.82, 2.24) is 10.1 Å². The maximum absolute atomic E-state index is 10.7. The summed E-state index contributed by atoms with van der Waals surface area (Å²) in [4.78, 5) is 15.9. The number of ether oxygens (including phenoxy) is 1. The van der Waals surface area contributed by atoms with Crippen LogP contribution in [-0.4, -0.2) is 16.4 Å². The van der Waals surface area contributed by atoms with E-state index in [1.54, 1.807) is 35.6 Å². The van der Waals surface area contributed by atoms with Crippen LogP contribution in [0.25, 0.3) is 10.7 Å². The fourth-order valence-corrected chi connectivity index (χ4v) is 2.29. The lowest BCUT2D eigenvalue weighted by Gasteiger charge is -2.02. The second-order valence-electron chi connectivity index (χ2n) is 3.97. The Morgan fingerprint density at radius 3 is 3.05 bits per heavy atom. The minimum Gasteiger partial charge on any atom is -0.484 e. The third kappa shape index (κ3) is 2.75. The van der Waals surface area contributed by atoms with Crippen LogP contribution in [0.4, 0.5) is 0 Å². The summed E-state index contributed by atoms with van der Waals surface area (Å²) in [5.74, 6) is 1.54. The Balaban J connectivity index is 1.68. The van der Waals surface area contributed by atoms with Gasteiger partial charge >= 0.3 is 0 Å². The van der Waals surface area contributed by atoms with E-state index in [0.717, 1.165) is 11.2 Å². The second kappa shape index (κ2) is 5.66. The molecule has 5 nitrogen and oxygen atoms in total. The molecule has 0 atom stereocenters. The number of hydrogen-bond donors (Lipinski definition) is 0. The molecule has 0 radical (unpaired) electrons. The predicted molar refractivity (Wildman–Crippen MR) is 73.8 cm³/mol. The van der Waals surface area contributed by atoms with Gasteiger partial charge in [-0.2, -0.15) is 4.98 Å². The second-order valence-corrected chi connectivity index (χ2v) is 4.92. The van der Waals surface area contributed by atoms with E-state index < -0.39 is 0 Å². The van der Waals surface area contributed by atoms with Crippen LogP contribution < -0.4 is 4.74 Å². The molecule has 0 unspecified atom stereocenters. The highest BCUT2D eigenvalue weighted by Crippen LogP contribution is 2.21. The molecule has 100 valence electrons. The summed E-state index contributed by atoms with van der Waals surface area (Å²) in [5.41, 5.74) is 0.562. The highest BCUT2D eigenvalue weighted by atomic mass is 32.1. The summed E-state index contributed by atoms with van der Waals surface area (Å²) in [6, 6.07) is 10.7. The molecule has 0 aliphatic rings. The molecule has 0 bridgehead atoms. The highest BCUT2D eigenvalue weighted by molar-refractivity contribution is 7.13. The third-order valence-corrected chi connectivity index (χ3v) is 3.43. The van der Waals surface area contributed by atoms with Gasteiger partial charge in [0.05, 0.1) is 4.88 Å². The topological polar surface area (TPSA) is 65.2 Å². The number of thiophene rings is 1. The molecule has 0 fully saturated rings. The maximum Gasteiger partial charge on any atom is 0.264 e. The Kier molecular flexibility index (Phi) is 3.56. The zero-order valence-corrected chi connectivity index (χ0v) is 11.2. The Bertz CT molecular complexity index is 707. The van der Waals surface area contributed by atoms with Crippen LogP contribution in [0.2, 0.25) is 0 Å². The molecule has 3 aromatic rings. The summed E-state index contributed by atoms with van der Waals surface area (Å²) in [6.45, 7) is 0.167. The Morgan fingerprint density at radius 1 is 1.30 bits per heavy atom. The molecule has 0 aliphatic heterocycles. The number of aldehydes is 1. The van der Waals surface area contributed by atoms with Crippen molar-refractivity contribution >= 4 is 17.6 Å². The number of hydrogen-bond acceptors (Lipinski definition) is 6. The summed E-state index contributed by atoms with van der Waals surface area (Å²) in [6.07, 6.45) is 0.772. The third-order valence-electron chi connectivity index (χ3n) is 2.57. The largest absolute Gasteiger partial charge is 0.484 e. The first-order chi connectivity index (χ1) is 9.85. The maximum atomic E-state index is 10.7. The fraction of sp³-hybridized carbons (Fsp3) is 0.0714. The lowest BCUT2D eigenvalue weighted by atomic mass is 10.2. The van der Waals surface area contributed by atoms with Crippen LogP contribution in [0.1, 0.15) is 16.2 Å². The van der Waals surface area contributed by atoms with Crippen LogP contribution in [0.5, 0.6) is 5.75 Å². The molecule has 1 aromatic carbocycles. The Labute approximate surface area is 118 Å². The van der Waals surface area contributed by atoms with E-state index in [9.17, 15) is 4.79 Å². The van der Waals surface area contributed by atoms with Gasteiger partial charge < -0.3 is 9.26 Å². The molecule has 6 heteroatoms. The van der Waals surface area contributed by atoms with Gasteiger partial charge in [0.25, 0.3) is 5.89 Å². The molecular formula is C14H10N2O3S. The molecule has 0 saturated heterocycles. The first-order valence-electron chi connectivity index (χ1n) is 5.89. The number of rotatable bonds is 5. The summed E-state index contributed by atoms with van der Waals surface area (Å²) in [7, 11) is 0. The van der Waals surface area contributed by atoms with Crippen LogP contribution in [-0.2, 0) is 6.61 Å². The van der Waals surface area contributed by atoms with Gasteiger partial charge in [0.1, 0.15) is 12.0 Å².